The number of furan rings is 1. The molecule has 0 aliphatic rings. The largest absolute Gasteiger partial charge is 0.456 e. The van der Waals surface area contributed by atoms with E-state index < -0.39 is 0 Å². The maximum Gasteiger partial charge on any atom is 0.136 e. The van der Waals surface area contributed by atoms with Gasteiger partial charge in [-0.15, -0.1) is 11.3 Å². The van der Waals surface area contributed by atoms with Crippen molar-refractivity contribution in [3.63, 3.8) is 0 Å². The van der Waals surface area contributed by atoms with Gasteiger partial charge < -0.3 is 9.32 Å². The molecule has 0 N–H and O–H groups in total. The molecule has 3 heteroatoms. The predicted molar refractivity (Wildman–Crippen MR) is 235 cm³/mol. The second-order valence-electron chi connectivity index (χ2n) is 14.1. The molecule has 0 aliphatic heterocycles. The summed E-state index contributed by atoms with van der Waals surface area (Å²) in [5.41, 5.74) is 12.4. The van der Waals surface area contributed by atoms with E-state index in [0.717, 1.165) is 39.0 Å². The molecule has 0 radical (unpaired) electrons. The van der Waals surface area contributed by atoms with Crippen LogP contribution in [0.5, 0.6) is 0 Å². The highest BCUT2D eigenvalue weighted by atomic mass is 32.1. The summed E-state index contributed by atoms with van der Waals surface area (Å²) in [5, 5.41) is 7.32. The molecule has 0 aliphatic carbocycles. The zero-order chi connectivity index (χ0) is 36.3. The third-order valence-electron chi connectivity index (χ3n) is 10.9. The lowest BCUT2D eigenvalue weighted by Gasteiger charge is -2.26. The Morgan fingerprint density at radius 1 is 0.345 bits per heavy atom. The molecule has 2 aromatic heterocycles. The molecule has 2 heterocycles. The molecule has 9 aromatic carbocycles. The summed E-state index contributed by atoms with van der Waals surface area (Å²) in [5.74, 6) is 0. The minimum atomic E-state index is 0.918. The Morgan fingerprint density at radius 3 is 1.67 bits per heavy atom. The number of nitrogens with zero attached hydrogens (tertiary/aromatic N) is 1. The molecule has 258 valence electrons. The molecular formula is C52H33NOS. The Kier molecular flexibility index (Phi) is 7.39. The van der Waals surface area contributed by atoms with Crippen LogP contribution in [0.25, 0.3) is 86.3 Å². The van der Waals surface area contributed by atoms with Gasteiger partial charge in [0.15, 0.2) is 0 Å². The minimum absolute atomic E-state index is 0.918. The number of para-hydroxylation sites is 1. The molecule has 0 saturated carbocycles. The molecule has 0 unspecified atom stereocenters. The predicted octanol–water partition coefficient (Wildman–Crippen LogP) is 15.6. The van der Waals surface area contributed by atoms with Gasteiger partial charge in [-0.2, -0.15) is 0 Å². The maximum absolute atomic E-state index is 6.22. The zero-order valence-corrected chi connectivity index (χ0v) is 30.6. The van der Waals surface area contributed by atoms with Crippen molar-refractivity contribution in [1.29, 1.82) is 0 Å². The zero-order valence-electron chi connectivity index (χ0n) is 29.8. The molecule has 0 saturated heterocycles. The van der Waals surface area contributed by atoms with E-state index >= 15 is 0 Å². The third-order valence-corrected chi connectivity index (χ3v) is 12.1. The second kappa shape index (κ2) is 12.9. The van der Waals surface area contributed by atoms with E-state index in [2.05, 4.69) is 193 Å². The van der Waals surface area contributed by atoms with Gasteiger partial charge in [0.2, 0.25) is 0 Å². The van der Waals surface area contributed by atoms with Crippen molar-refractivity contribution in [2.75, 3.05) is 4.90 Å². The Labute approximate surface area is 322 Å². The van der Waals surface area contributed by atoms with Gasteiger partial charge in [-0.1, -0.05) is 133 Å². The SMILES string of the molecule is c1ccc(-c2ccc(N(c3ccc(-c4ccc5cc6c(cc5c4)oc4ccccc46)cc3)c3ccc(-c4cccc5c4sc4ccccc45)cc3)cc2)cc1. The van der Waals surface area contributed by atoms with Crippen molar-refractivity contribution in [2.24, 2.45) is 0 Å². The van der Waals surface area contributed by atoms with E-state index in [1.54, 1.807) is 0 Å². The Morgan fingerprint density at radius 2 is 0.927 bits per heavy atom. The number of hydrogen-bond acceptors (Lipinski definition) is 3. The molecule has 0 atom stereocenters. The first-order valence-electron chi connectivity index (χ1n) is 18.7. The van der Waals surface area contributed by atoms with Crippen LogP contribution < -0.4 is 4.90 Å². The smallest absolute Gasteiger partial charge is 0.136 e. The van der Waals surface area contributed by atoms with E-state index in [4.69, 9.17) is 4.42 Å². The van der Waals surface area contributed by atoms with Crippen molar-refractivity contribution >= 4 is 81.3 Å². The number of rotatable bonds is 6. The van der Waals surface area contributed by atoms with Gasteiger partial charge >= 0.3 is 0 Å². The third kappa shape index (κ3) is 5.48. The summed E-state index contributed by atoms with van der Waals surface area (Å²) < 4.78 is 8.87. The lowest BCUT2D eigenvalue weighted by Crippen LogP contribution is -2.09. The van der Waals surface area contributed by atoms with E-state index in [0.29, 0.717) is 0 Å². The minimum Gasteiger partial charge on any atom is -0.456 e. The second-order valence-corrected chi connectivity index (χ2v) is 15.2. The summed E-state index contributed by atoms with van der Waals surface area (Å²) in [4.78, 5) is 2.35. The number of fused-ring (bicyclic) bond motifs is 7. The molecular weight excluding hydrogens is 687 g/mol. The molecule has 0 bridgehead atoms. The van der Waals surface area contributed by atoms with E-state index in [9.17, 15) is 0 Å². The summed E-state index contributed by atoms with van der Waals surface area (Å²) in [6.45, 7) is 0. The Balaban J connectivity index is 0.968. The highest BCUT2D eigenvalue weighted by Crippen LogP contribution is 2.42. The number of hydrogen-bond donors (Lipinski definition) is 0. The van der Waals surface area contributed by atoms with Gasteiger partial charge in [0.1, 0.15) is 11.2 Å². The fraction of sp³-hybridized carbons (Fsp3) is 0. The van der Waals surface area contributed by atoms with Gasteiger partial charge in [-0.3, -0.25) is 0 Å². The molecule has 11 rings (SSSR count). The fourth-order valence-electron chi connectivity index (χ4n) is 8.10. The summed E-state index contributed by atoms with van der Waals surface area (Å²) >= 11 is 1.87. The monoisotopic (exact) mass is 719 g/mol. The number of thiophene rings is 1. The Hall–Kier alpha value is -6.94. The summed E-state index contributed by atoms with van der Waals surface area (Å²) in [6, 6.07) is 72.2. The molecule has 0 fully saturated rings. The standard InChI is InChI=1S/C52H33NOS/c1-2-9-34(10-3-1)35-19-25-41(26-20-35)53(43-29-23-37(24-30-43)44-13-8-14-47-46-12-5-7-16-51(46)55-52(44)47)42-27-21-36(22-28-42)38-17-18-39-32-48-45-11-4-6-15-49(45)54-50(48)33-40(39)31-38/h1-33H. The van der Waals surface area contributed by atoms with Gasteiger partial charge in [0.05, 0.1) is 0 Å². The van der Waals surface area contributed by atoms with Gasteiger partial charge in [-0.25, -0.2) is 0 Å². The number of anilines is 3. The van der Waals surface area contributed by atoms with Crippen molar-refractivity contribution in [1.82, 2.24) is 0 Å². The van der Waals surface area contributed by atoms with Crippen LogP contribution in [0.15, 0.2) is 205 Å². The molecule has 0 spiro atoms. The first-order valence-corrected chi connectivity index (χ1v) is 19.5. The quantitative estimate of drug-likeness (QED) is 0.170. The maximum atomic E-state index is 6.22. The first-order chi connectivity index (χ1) is 27.2. The van der Waals surface area contributed by atoms with Gasteiger partial charge in [-0.05, 0) is 111 Å². The van der Waals surface area contributed by atoms with Crippen LogP contribution in [0.3, 0.4) is 0 Å². The van der Waals surface area contributed by atoms with Crippen molar-refractivity contribution < 1.29 is 4.42 Å². The first kappa shape index (κ1) is 31.6. The lowest BCUT2D eigenvalue weighted by atomic mass is 9.99. The van der Waals surface area contributed by atoms with Gasteiger partial charge in [0.25, 0.3) is 0 Å². The van der Waals surface area contributed by atoms with Crippen LogP contribution in [0.4, 0.5) is 17.1 Å². The lowest BCUT2D eigenvalue weighted by molar-refractivity contribution is 0.669. The highest BCUT2D eigenvalue weighted by Gasteiger charge is 2.16. The van der Waals surface area contributed by atoms with Crippen LogP contribution in [-0.4, -0.2) is 0 Å². The topological polar surface area (TPSA) is 16.4 Å². The van der Waals surface area contributed by atoms with Gasteiger partial charge in [0, 0.05) is 48.0 Å². The van der Waals surface area contributed by atoms with Crippen LogP contribution in [0.2, 0.25) is 0 Å². The van der Waals surface area contributed by atoms with Crippen LogP contribution >= 0.6 is 11.3 Å². The summed E-state index contributed by atoms with van der Waals surface area (Å²) in [7, 11) is 0. The van der Waals surface area contributed by atoms with Crippen LogP contribution in [0.1, 0.15) is 0 Å². The van der Waals surface area contributed by atoms with E-state index in [1.807, 2.05) is 23.5 Å². The normalized spacial score (nSPS) is 11.6. The highest BCUT2D eigenvalue weighted by molar-refractivity contribution is 7.26. The summed E-state index contributed by atoms with van der Waals surface area (Å²) in [6.07, 6.45) is 0. The van der Waals surface area contributed by atoms with Crippen LogP contribution in [0, 0.1) is 0 Å². The van der Waals surface area contributed by atoms with E-state index in [1.165, 1.54) is 64.3 Å². The number of benzene rings is 9. The molecule has 55 heavy (non-hydrogen) atoms. The Bertz CT molecular complexity index is 3170. The van der Waals surface area contributed by atoms with Crippen molar-refractivity contribution in [3.8, 4) is 33.4 Å². The van der Waals surface area contributed by atoms with Crippen molar-refractivity contribution in [3.05, 3.63) is 200 Å². The molecule has 11 aromatic rings. The average molecular weight is 720 g/mol. The molecule has 0 amide bonds. The van der Waals surface area contributed by atoms with E-state index in [-0.39, 0.29) is 0 Å². The van der Waals surface area contributed by atoms with Crippen LogP contribution in [-0.2, 0) is 0 Å². The van der Waals surface area contributed by atoms with Crippen molar-refractivity contribution in [2.45, 2.75) is 0 Å². The fourth-order valence-corrected chi connectivity index (χ4v) is 9.33. The molecule has 2 nitrogen and oxygen atoms in total. The average Bonchev–Trinajstić information content (AvgIpc) is 3.82.